The van der Waals surface area contributed by atoms with Gasteiger partial charge in [-0.2, -0.15) is 0 Å². The Bertz CT molecular complexity index is 431. The highest BCUT2D eigenvalue weighted by Gasteiger charge is 2.37. The molecule has 0 spiro atoms. The molecule has 1 saturated heterocycles. The van der Waals surface area contributed by atoms with Gasteiger partial charge in [0.15, 0.2) is 0 Å². The summed E-state index contributed by atoms with van der Waals surface area (Å²) in [6.45, 7) is 13.5. The first-order chi connectivity index (χ1) is 11.7. The molecule has 5 heteroatoms. The van der Waals surface area contributed by atoms with Crippen LogP contribution in [0.4, 0.5) is 0 Å². The van der Waals surface area contributed by atoms with Crippen LogP contribution in [0.5, 0.6) is 0 Å². The standard InChI is InChI=1S/C20H38N2O3/c1-7-12-17(8-2)20(5,6)25-15(3)18(21-16(4)23)19(24)22-13-10-9-11-14-22/h15,17-18H,7-14H2,1-6H3,(H,21,23). The second-order valence-corrected chi connectivity index (χ2v) is 7.88. The summed E-state index contributed by atoms with van der Waals surface area (Å²) in [6, 6.07) is -0.617. The van der Waals surface area contributed by atoms with Gasteiger partial charge in [-0.1, -0.05) is 26.7 Å². The number of piperidine rings is 1. The molecule has 146 valence electrons. The number of amides is 2. The normalized spacial score (nSPS) is 19.2. The van der Waals surface area contributed by atoms with Crippen molar-refractivity contribution in [2.75, 3.05) is 13.1 Å². The number of ether oxygens (including phenoxy) is 1. The number of hydrogen-bond acceptors (Lipinski definition) is 3. The summed E-state index contributed by atoms with van der Waals surface area (Å²) < 4.78 is 6.36. The van der Waals surface area contributed by atoms with Gasteiger partial charge in [-0.25, -0.2) is 0 Å². The Morgan fingerprint density at radius 2 is 1.76 bits per heavy atom. The number of carbonyl (C=O) groups is 2. The highest BCUT2D eigenvalue weighted by Crippen LogP contribution is 2.30. The van der Waals surface area contributed by atoms with E-state index in [1.54, 1.807) is 0 Å². The maximum Gasteiger partial charge on any atom is 0.247 e. The van der Waals surface area contributed by atoms with Crippen molar-refractivity contribution in [1.29, 1.82) is 0 Å². The first-order valence-electron chi connectivity index (χ1n) is 9.96. The van der Waals surface area contributed by atoms with E-state index in [0.29, 0.717) is 5.92 Å². The Balaban J connectivity index is 2.86. The van der Waals surface area contributed by atoms with Crippen LogP contribution in [-0.4, -0.2) is 47.6 Å². The fourth-order valence-electron chi connectivity index (χ4n) is 3.94. The molecule has 1 rings (SSSR count). The third-order valence-electron chi connectivity index (χ3n) is 5.36. The van der Waals surface area contributed by atoms with Crippen LogP contribution < -0.4 is 5.32 Å². The van der Waals surface area contributed by atoms with E-state index in [1.165, 1.54) is 13.3 Å². The third-order valence-corrected chi connectivity index (χ3v) is 5.36. The quantitative estimate of drug-likeness (QED) is 0.689. The van der Waals surface area contributed by atoms with E-state index < -0.39 is 6.04 Å². The van der Waals surface area contributed by atoms with Crippen molar-refractivity contribution >= 4 is 11.8 Å². The Morgan fingerprint density at radius 1 is 1.16 bits per heavy atom. The van der Waals surface area contributed by atoms with Gasteiger partial charge < -0.3 is 15.0 Å². The van der Waals surface area contributed by atoms with Crippen molar-refractivity contribution in [2.45, 2.75) is 97.8 Å². The molecule has 0 aromatic rings. The van der Waals surface area contributed by atoms with Gasteiger partial charge in [-0.15, -0.1) is 0 Å². The Kier molecular flexibility index (Phi) is 8.91. The van der Waals surface area contributed by atoms with Crippen LogP contribution in [-0.2, 0) is 14.3 Å². The van der Waals surface area contributed by atoms with Crippen molar-refractivity contribution in [1.82, 2.24) is 10.2 Å². The topological polar surface area (TPSA) is 58.6 Å². The van der Waals surface area contributed by atoms with Crippen LogP contribution in [0, 0.1) is 5.92 Å². The van der Waals surface area contributed by atoms with Crippen LogP contribution in [0.2, 0.25) is 0 Å². The molecule has 1 aliphatic heterocycles. The maximum absolute atomic E-state index is 13.0. The molecular weight excluding hydrogens is 316 g/mol. The van der Waals surface area contributed by atoms with E-state index >= 15 is 0 Å². The Morgan fingerprint density at radius 3 is 2.24 bits per heavy atom. The molecule has 0 saturated carbocycles. The molecule has 3 unspecified atom stereocenters. The minimum atomic E-state index is -0.617. The van der Waals surface area contributed by atoms with Gasteiger partial charge in [0.2, 0.25) is 11.8 Å². The maximum atomic E-state index is 13.0. The molecular formula is C20H38N2O3. The van der Waals surface area contributed by atoms with Crippen LogP contribution in [0.25, 0.3) is 0 Å². The average molecular weight is 355 g/mol. The number of nitrogens with one attached hydrogen (secondary N) is 1. The smallest absolute Gasteiger partial charge is 0.247 e. The third kappa shape index (κ3) is 6.61. The van der Waals surface area contributed by atoms with E-state index in [-0.39, 0.29) is 23.5 Å². The van der Waals surface area contributed by atoms with Crippen LogP contribution >= 0.6 is 0 Å². The van der Waals surface area contributed by atoms with Crippen molar-refractivity contribution < 1.29 is 14.3 Å². The Labute approximate surface area is 153 Å². The molecule has 3 atom stereocenters. The summed E-state index contributed by atoms with van der Waals surface area (Å²) in [5.74, 6) is 0.231. The van der Waals surface area contributed by atoms with Gasteiger partial charge in [-0.3, -0.25) is 9.59 Å². The van der Waals surface area contributed by atoms with E-state index in [2.05, 4.69) is 33.0 Å². The molecule has 1 aliphatic rings. The van der Waals surface area contributed by atoms with Gasteiger partial charge in [0.1, 0.15) is 6.04 Å². The monoisotopic (exact) mass is 354 g/mol. The lowest BCUT2D eigenvalue weighted by Gasteiger charge is -2.40. The molecule has 0 radical (unpaired) electrons. The molecule has 1 N–H and O–H groups in total. The van der Waals surface area contributed by atoms with E-state index in [4.69, 9.17) is 4.74 Å². The summed E-state index contributed by atoms with van der Waals surface area (Å²) in [5, 5.41) is 2.83. The highest BCUT2D eigenvalue weighted by molar-refractivity contribution is 5.87. The van der Waals surface area contributed by atoms with Gasteiger partial charge >= 0.3 is 0 Å². The zero-order valence-electron chi connectivity index (χ0n) is 17.1. The minimum Gasteiger partial charge on any atom is -0.370 e. The minimum absolute atomic E-state index is 0.0123. The highest BCUT2D eigenvalue weighted by atomic mass is 16.5. The first-order valence-corrected chi connectivity index (χ1v) is 9.96. The molecule has 2 amide bonds. The van der Waals surface area contributed by atoms with Crippen molar-refractivity contribution in [2.24, 2.45) is 5.92 Å². The van der Waals surface area contributed by atoms with E-state index in [9.17, 15) is 9.59 Å². The van der Waals surface area contributed by atoms with Crippen LogP contribution in [0.1, 0.15) is 80.1 Å². The second kappa shape index (κ2) is 10.1. The largest absolute Gasteiger partial charge is 0.370 e. The average Bonchev–Trinajstić information content (AvgIpc) is 2.56. The van der Waals surface area contributed by atoms with Gasteiger partial charge in [0, 0.05) is 20.0 Å². The second-order valence-electron chi connectivity index (χ2n) is 7.88. The lowest BCUT2D eigenvalue weighted by molar-refractivity contribution is -0.151. The predicted molar refractivity (Wildman–Crippen MR) is 101 cm³/mol. The zero-order valence-corrected chi connectivity index (χ0v) is 17.1. The van der Waals surface area contributed by atoms with Crippen LogP contribution in [0.15, 0.2) is 0 Å². The number of likely N-dealkylation sites (tertiary alicyclic amines) is 1. The Hall–Kier alpha value is -1.10. The predicted octanol–water partition coefficient (Wildman–Crippen LogP) is 3.51. The molecule has 0 aromatic carbocycles. The van der Waals surface area contributed by atoms with Crippen molar-refractivity contribution in [3.8, 4) is 0 Å². The summed E-state index contributed by atoms with van der Waals surface area (Å²) in [6.07, 6.45) is 6.13. The fourth-order valence-corrected chi connectivity index (χ4v) is 3.94. The van der Waals surface area contributed by atoms with Crippen molar-refractivity contribution in [3.63, 3.8) is 0 Å². The zero-order chi connectivity index (χ0) is 19.0. The number of rotatable bonds is 9. The summed E-state index contributed by atoms with van der Waals surface area (Å²) in [4.78, 5) is 26.5. The molecule has 1 heterocycles. The lowest BCUT2D eigenvalue weighted by Crippen LogP contribution is -2.56. The summed E-state index contributed by atoms with van der Waals surface area (Å²) in [5.41, 5.74) is -0.330. The number of nitrogens with zero attached hydrogens (tertiary/aromatic N) is 1. The van der Waals surface area contributed by atoms with Gasteiger partial charge in [0.25, 0.3) is 0 Å². The van der Waals surface area contributed by atoms with E-state index in [0.717, 1.165) is 45.2 Å². The first kappa shape index (κ1) is 21.9. The molecule has 0 bridgehead atoms. The number of hydrogen-bond donors (Lipinski definition) is 1. The lowest BCUT2D eigenvalue weighted by atomic mass is 9.84. The van der Waals surface area contributed by atoms with Crippen molar-refractivity contribution in [3.05, 3.63) is 0 Å². The van der Waals surface area contributed by atoms with Gasteiger partial charge in [-0.05, 0) is 52.4 Å². The fraction of sp³-hybridized carbons (Fsp3) is 0.900. The van der Waals surface area contributed by atoms with E-state index in [1.807, 2.05) is 11.8 Å². The molecule has 0 aliphatic carbocycles. The SMILES string of the molecule is CCCC(CC)C(C)(C)OC(C)C(NC(C)=O)C(=O)N1CCCCC1. The van der Waals surface area contributed by atoms with Crippen LogP contribution in [0.3, 0.4) is 0 Å². The summed E-state index contributed by atoms with van der Waals surface area (Å²) >= 11 is 0. The number of carbonyl (C=O) groups excluding carboxylic acids is 2. The molecule has 1 fully saturated rings. The summed E-state index contributed by atoms with van der Waals surface area (Å²) in [7, 11) is 0. The molecule has 25 heavy (non-hydrogen) atoms. The van der Waals surface area contributed by atoms with Gasteiger partial charge in [0.05, 0.1) is 11.7 Å². The molecule has 5 nitrogen and oxygen atoms in total. The molecule has 0 aromatic heterocycles.